The zero-order valence-electron chi connectivity index (χ0n) is 39.2. The van der Waals surface area contributed by atoms with E-state index in [2.05, 4.69) is 200 Å². The first-order valence-corrected chi connectivity index (χ1v) is 26.5. The molecule has 0 bridgehead atoms. The Morgan fingerprint density at radius 3 is 0.841 bits per heavy atom. The van der Waals surface area contributed by atoms with Crippen LogP contribution in [0.3, 0.4) is 0 Å². The lowest BCUT2D eigenvalue weighted by atomic mass is 9.92. The van der Waals surface area contributed by atoms with E-state index < -0.39 is 26.3 Å². The van der Waals surface area contributed by atoms with Gasteiger partial charge in [-0.15, -0.1) is 0 Å². The second-order valence-corrected chi connectivity index (χ2v) is 21.5. The molecule has 9 aromatic rings. The third-order valence-electron chi connectivity index (χ3n) is 13.4. The molecule has 0 amide bonds. The van der Waals surface area contributed by atoms with Crippen molar-refractivity contribution in [1.29, 1.82) is 0 Å². The van der Waals surface area contributed by atoms with Crippen LogP contribution < -0.4 is 0 Å². The highest BCUT2D eigenvalue weighted by atomic mass is 28.4. The molecule has 0 heterocycles. The van der Waals surface area contributed by atoms with Crippen LogP contribution in [-0.4, -0.2) is 31.3 Å². The van der Waals surface area contributed by atoms with Crippen LogP contribution in [0.4, 0.5) is 0 Å². The van der Waals surface area contributed by atoms with Crippen molar-refractivity contribution >= 4 is 20.1 Å². The van der Waals surface area contributed by atoms with Crippen LogP contribution in [0.15, 0.2) is 237 Å². The van der Waals surface area contributed by atoms with Crippen molar-refractivity contribution in [3.63, 3.8) is 0 Å². The Hall–Kier alpha value is -7.70. The summed E-state index contributed by atoms with van der Waals surface area (Å²) in [5, 5.41) is 12.1. The Balaban J connectivity index is 1.39. The standard InChI is InChI=1S/C64H56O4Si/c1-3-62(65)46(2)63(66)64(67)68-69(43-59-53(47-25-10-4-11-26-47)37-22-38-54(59)48-27-12-5-13-28-48,44-60-55(49-29-14-6-15-30-49)39-23-40-56(60)50-31-16-7-17-32-50)45-61-57(51-33-18-8-19-34-51)41-24-42-58(61)52-35-20-9-21-36-52/h4-42,46,63,66H,3,43-45H2,1-2H3/t46-,63+/m0/s1. The van der Waals surface area contributed by atoms with E-state index in [0.717, 1.165) is 83.5 Å². The summed E-state index contributed by atoms with van der Waals surface area (Å²) < 4.78 is 7.47. The van der Waals surface area contributed by atoms with Crippen LogP contribution in [0.2, 0.25) is 0 Å². The van der Waals surface area contributed by atoms with Gasteiger partial charge in [0.2, 0.25) is 0 Å². The van der Waals surface area contributed by atoms with Crippen LogP contribution in [-0.2, 0) is 32.1 Å². The highest BCUT2D eigenvalue weighted by molar-refractivity contribution is 6.74. The normalized spacial score (nSPS) is 12.2. The van der Waals surface area contributed by atoms with E-state index >= 15 is 4.79 Å². The van der Waals surface area contributed by atoms with Gasteiger partial charge in [-0.05, 0) is 83.5 Å². The molecule has 2 atom stereocenters. The molecule has 0 aliphatic carbocycles. The third kappa shape index (κ3) is 10.4. The highest BCUT2D eigenvalue weighted by Crippen LogP contribution is 2.43. The maximum Gasteiger partial charge on any atom is 0.322 e. The lowest BCUT2D eigenvalue weighted by molar-refractivity contribution is -0.150. The number of ketones is 1. The molecule has 0 saturated carbocycles. The van der Waals surface area contributed by atoms with E-state index in [1.807, 2.05) is 36.4 Å². The fourth-order valence-electron chi connectivity index (χ4n) is 9.90. The summed E-state index contributed by atoms with van der Waals surface area (Å²) in [4.78, 5) is 28.7. The largest absolute Gasteiger partial charge is 0.516 e. The number of rotatable bonds is 17. The van der Waals surface area contributed by atoms with Crippen LogP contribution >= 0.6 is 0 Å². The summed E-state index contributed by atoms with van der Waals surface area (Å²) in [6, 6.07) is 83.1. The minimum absolute atomic E-state index is 0.189. The van der Waals surface area contributed by atoms with Crippen molar-refractivity contribution in [3.05, 3.63) is 253 Å². The van der Waals surface area contributed by atoms with Crippen molar-refractivity contribution in [1.82, 2.24) is 0 Å². The van der Waals surface area contributed by atoms with Crippen LogP contribution in [0.1, 0.15) is 37.0 Å². The van der Waals surface area contributed by atoms with E-state index in [-0.39, 0.29) is 12.2 Å². The molecular weight excluding hydrogens is 861 g/mol. The van der Waals surface area contributed by atoms with Crippen molar-refractivity contribution in [2.75, 3.05) is 0 Å². The molecule has 4 nitrogen and oxygen atoms in total. The molecule has 0 aliphatic heterocycles. The van der Waals surface area contributed by atoms with Gasteiger partial charge in [-0.2, -0.15) is 0 Å². The molecular formula is C64H56O4Si. The van der Waals surface area contributed by atoms with Gasteiger partial charge >= 0.3 is 5.97 Å². The summed E-state index contributed by atoms with van der Waals surface area (Å²) in [5.74, 6) is -1.93. The average Bonchev–Trinajstić information content (AvgIpc) is 3.41. The molecule has 5 heteroatoms. The number of hydrogen-bond donors (Lipinski definition) is 1. The molecule has 340 valence electrons. The van der Waals surface area contributed by atoms with E-state index in [0.29, 0.717) is 18.1 Å². The molecule has 0 unspecified atom stereocenters. The van der Waals surface area contributed by atoms with Gasteiger partial charge < -0.3 is 9.53 Å². The molecule has 0 aliphatic rings. The lowest BCUT2D eigenvalue weighted by Gasteiger charge is -2.36. The first-order chi connectivity index (χ1) is 33.8. The first-order valence-electron chi connectivity index (χ1n) is 23.9. The summed E-state index contributed by atoms with van der Waals surface area (Å²) in [7, 11) is -3.84. The van der Waals surface area contributed by atoms with E-state index in [4.69, 9.17) is 4.43 Å². The quantitative estimate of drug-likeness (QED) is 0.0925. The lowest BCUT2D eigenvalue weighted by Crippen LogP contribution is -2.52. The third-order valence-corrected chi connectivity index (χ3v) is 17.1. The van der Waals surface area contributed by atoms with Gasteiger partial charge in [0.1, 0.15) is 5.78 Å². The Bertz CT molecular complexity index is 2660. The number of aliphatic hydroxyl groups excluding tert-OH is 1. The fourth-order valence-corrected chi connectivity index (χ4v) is 14.1. The molecule has 1 N–H and O–H groups in total. The maximum atomic E-state index is 15.3. The van der Waals surface area contributed by atoms with Gasteiger partial charge in [-0.3, -0.25) is 9.59 Å². The monoisotopic (exact) mass is 916 g/mol. The summed E-state index contributed by atoms with van der Waals surface area (Å²) in [6.07, 6.45) is -1.48. The highest BCUT2D eigenvalue weighted by Gasteiger charge is 2.45. The number of hydrogen-bond acceptors (Lipinski definition) is 4. The summed E-state index contributed by atoms with van der Waals surface area (Å²) >= 11 is 0. The Labute approximate surface area is 407 Å². The number of carbonyl (C=O) groups is 2. The SMILES string of the molecule is CCC(=O)[C@H](C)[C@@H](O)C(=O)O[Si](Cc1c(-c2ccccc2)cccc1-c1ccccc1)(Cc1c(-c2ccccc2)cccc1-c1ccccc1)Cc1c(-c2ccccc2)cccc1-c1ccccc1. The van der Waals surface area contributed by atoms with Gasteiger partial charge in [-0.1, -0.05) is 250 Å². The first kappa shape index (κ1) is 46.4. The van der Waals surface area contributed by atoms with Gasteiger partial charge in [-0.25, -0.2) is 0 Å². The molecule has 0 radical (unpaired) electrons. The van der Waals surface area contributed by atoms with E-state index in [1.54, 1.807) is 13.8 Å². The Morgan fingerprint density at radius 1 is 0.391 bits per heavy atom. The predicted octanol–water partition coefficient (Wildman–Crippen LogP) is 14.8. The van der Waals surface area contributed by atoms with Crippen LogP contribution in [0.25, 0.3) is 66.8 Å². The zero-order valence-corrected chi connectivity index (χ0v) is 40.2. The maximum absolute atomic E-state index is 15.3. The van der Waals surface area contributed by atoms with Gasteiger partial charge in [0.15, 0.2) is 6.10 Å². The molecule has 9 rings (SSSR count). The number of carbonyl (C=O) groups excluding carboxylic acids is 2. The minimum atomic E-state index is -3.84. The minimum Gasteiger partial charge on any atom is -0.516 e. The van der Waals surface area contributed by atoms with Crippen LogP contribution in [0, 0.1) is 5.92 Å². The van der Waals surface area contributed by atoms with E-state index in [9.17, 15) is 9.90 Å². The second kappa shape index (κ2) is 21.5. The molecule has 69 heavy (non-hydrogen) atoms. The number of benzene rings is 9. The summed E-state index contributed by atoms with van der Waals surface area (Å²) in [6.45, 7) is 3.40. The van der Waals surface area contributed by atoms with Crippen molar-refractivity contribution in [2.45, 2.75) is 44.5 Å². The number of aliphatic hydroxyl groups is 1. The average molecular weight is 917 g/mol. The van der Waals surface area contributed by atoms with Crippen molar-refractivity contribution < 1.29 is 19.1 Å². The second-order valence-electron chi connectivity index (χ2n) is 17.9. The van der Waals surface area contributed by atoms with Gasteiger partial charge in [0, 0.05) is 24.6 Å². The molecule has 9 aromatic carbocycles. The van der Waals surface area contributed by atoms with E-state index in [1.165, 1.54) is 0 Å². The van der Waals surface area contributed by atoms with Gasteiger partial charge in [0.25, 0.3) is 8.32 Å². The Morgan fingerprint density at radius 2 is 0.623 bits per heavy atom. The van der Waals surface area contributed by atoms with Crippen molar-refractivity contribution in [3.8, 4) is 66.8 Å². The fraction of sp³-hybridized carbons (Fsp3) is 0.125. The number of Topliss-reactive ketones (excluding diaryl/α,β-unsaturated/α-hetero) is 1. The summed E-state index contributed by atoms with van der Waals surface area (Å²) in [5.41, 5.74) is 15.7. The van der Waals surface area contributed by atoms with Crippen LogP contribution in [0.5, 0.6) is 0 Å². The zero-order chi connectivity index (χ0) is 47.6. The molecule has 0 fully saturated rings. The topological polar surface area (TPSA) is 63.6 Å². The smallest absolute Gasteiger partial charge is 0.322 e. The predicted molar refractivity (Wildman–Crippen MR) is 285 cm³/mol. The van der Waals surface area contributed by atoms with Gasteiger partial charge in [0.05, 0.1) is 5.92 Å². The molecule has 0 saturated heterocycles. The van der Waals surface area contributed by atoms with Crippen molar-refractivity contribution in [2.24, 2.45) is 5.92 Å². The molecule has 0 aromatic heterocycles. The Kier molecular flexibility index (Phi) is 14.5. The molecule has 0 spiro atoms.